The Bertz CT molecular complexity index is 688. The van der Waals surface area contributed by atoms with Crippen LogP contribution in [0.1, 0.15) is 34.6 Å². The van der Waals surface area contributed by atoms with Crippen molar-refractivity contribution in [2.24, 2.45) is 5.11 Å². The van der Waals surface area contributed by atoms with Gasteiger partial charge in [-0.05, 0) is 5.53 Å². The van der Waals surface area contributed by atoms with Gasteiger partial charge in [0.1, 0.15) is 6.04 Å². The van der Waals surface area contributed by atoms with E-state index in [4.69, 9.17) is 29.2 Å². The van der Waals surface area contributed by atoms with Crippen LogP contribution in [0.3, 0.4) is 0 Å². The van der Waals surface area contributed by atoms with E-state index >= 15 is 0 Å². The summed E-state index contributed by atoms with van der Waals surface area (Å²) in [6, 6.07) is -1.46. The van der Waals surface area contributed by atoms with Gasteiger partial charge in [-0.3, -0.25) is 24.0 Å². The molecular formula is C16H21N3O10. The molecular weight excluding hydrogens is 394 g/mol. The molecule has 0 N–H and O–H groups in total. The number of hydrogen-bond acceptors (Lipinski definition) is 11. The van der Waals surface area contributed by atoms with Crippen LogP contribution in [-0.4, -0.2) is 66.4 Å². The van der Waals surface area contributed by atoms with Crippen LogP contribution >= 0.6 is 0 Å². The maximum absolute atomic E-state index is 11.6. The third-order valence-corrected chi connectivity index (χ3v) is 3.66. The molecule has 0 radical (unpaired) electrons. The van der Waals surface area contributed by atoms with E-state index in [1.54, 1.807) is 0 Å². The first-order valence-electron chi connectivity index (χ1n) is 8.38. The highest BCUT2D eigenvalue weighted by Crippen LogP contribution is 2.34. The zero-order valence-corrected chi connectivity index (χ0v) is 16.4. The maximum Gasteiger partial charge on any atom is 0.303 e. The van der Waals surface area contributed by atoms with Crippen LogP contribution in [0.25, 0.3) is 10.4 Å². The fraction of sp³-hybridized carbons (Fsp3) is 0.688. The van der Waals surface area contributed by atoms with Crippen molar-refractivity contribution in [1.29, 1.82) is 0 Å². The lowest BCUT2D eigenvalue weighted by Gasteiger charge is -2.46. The molecule has 13 nitrogen and oxygen atoms in total. The van der Waals surface area contributed by atoms with Gasteiger partial charge in [0.2, 0.25) is 0 Å². The molecule has 1 rings (SSSR count). The molecule has 0 aromatic carbocycles. The molecule has 0 aromatic heterocycles. The lowest BCUT2D eigenvalue weighted by molar-refractivity contribution is -0.234. The Hall–Kier alpha value is -3.34. The molecule has 160 valence electrons. The average molecular weight is 415 g/mol. The first-order chi connectivity index (χ1) is 13.5. The average Bonchev–Trinajstić information content (AvgIpc) is 2.55. The van der Waals surface area contributed by atoms with Crippen molar-refractivity contribution in [2.75, 3.05) is 0 Å². The van der Waals surface area contributed by atoms with Crippen LogP contribution in [-0.2, 0) is 47.7 Å². The predicted molar refractivity (Wildman–Crippen MR) is 90.7 cm³/mol. The smallest absolute Gasteiger partial charge is 0.303 e. The fourth-order valence-corrected chi connectivity index (χ4v) is 2.96. The third-order valence-electron chi connectivity index (χ3n) is 3.66. The van der Waals surface area contributed by atoms with Gasteiger partial charge in [-0.15, -0.1) is 0 Å². The minimum absolute atomic E-state index is 0.848. The highest BCUT2D eigenvalue weighted by Gasteiger charge is 2.58. The summed E-state index contributed by atoms with van der Waals surface area (Å²) in [5, 5.41) is 3.48. The normalized spacial score (nSPS) is 28.2. The molecule has 0 bridgehead atoms. The molecule has 0 amide bonds. The van der Waals surface area contributed by atoms with Gasteiger partial charge in [0.15, 0.2) is 30.5 Å². The monoisotopic (exact) mass is 415 g/mol. The highest BCUT2D eigenvalue weighted by atomic mass is 16.6. The van der Waals surface area contributed by atoms with Crippen LogP contribution in [0.5, 0.6) is 0 Å². The van der Waals surface area contributed by atoms with Crippen LogP contribution in [0, 0.1) is 0 Å². The molecule has 0 spiro atoms. The predicted octanol–water partition coefficient (Wildman–Crippen LogP) is 0.337. The van der Waals surface area contributed by atoms with Crippen molar-refractivity contribution in [3.63, 3.8) is 0 Å². The van der Waals surface area contributed by atoms with Gasteiger partial charge in [0, 0.05) is 39.5 Å². The molecule has 2 unspecified atom stereocenters. The number of rotatable bonds is 6. The lowest BCUT2D eigenvalue weighted by Crippen LogP contribution is -2.67. The van der Waals surface area contributed by atoms with Crippen molar-refractivity contribution in [2.45, 2.75) is 71.2 Å². The summed E-state index contributed by atoms with van der Waals surface area (Å²) in [6.45, 7) is 5.20. The third kappa shape index (κ3) is 6.64. The minimum Gasteiger partial charge on any atom is -0.458 e. The largest absolute Gasteiger partial charge is 0.458 e. The van der Waals surface area contributed by atoms with Gasteiger partial charge in [0.05, 0.1) is 0 Å². The first-order valence-corrected chi connectivity index (χ1v) is 8.38. The number of esters is 5. The van der Waals surface area contributed by atoms with Crippen LogP contribution in [0.2, 0.25) is 0 Å². The van der Waals surface area contributed by atoms with E-state index in [0.29, 0.717) is 0 Å². The van der Waals surface area contributed by atoms with E-state index in [-0.39, 0.29) is 0 Å². The summed E-state index contributed by atoms with van der Waals surface area (Å²) in [5.41, 5.74) is 8.95. The molecule has 0 saturated heterocycles. The highest BCUT2D eigenvalue weighted by molar-refractivity contribution is 5.70. The summed E-state index contributed by atoms with van der Waals surface area (Å²) in [5.74, 6) is -4.25. The van der Waals surface area contributed by atoms with Gasteiger partial charge in [-0.2, -0.15) is 0 Å². The van der Waals surface area contributed by atoms with Gasteiger partial charge < -0.3 is 23.7 Å². The summed E-state index contributed by atoms with van der Waals surface area (Å²) >= 11 is 0. The van der Waals surface area contributed by atoms with Crippen LogP contribution < -0.4 is 0 Å². The molecule has 6 atom stereocenters. The number of nitrogens with zero attached hydrogens (tertiary/aromatic N) is 3. The number of azide groups is 1. The zero-order valence-electron chi connectivity index (χ0n) is 16.4. The van der Waals surface area contributed by atoms with E-state index in [1.807, 2.05) is 0 Å². The van der Waals surface area contributed by atoms with Crippen molar-refractivity contribution < 1.29 is 47.7 Å². The maximum atomic E-state index is 11.6. The molecule has 0 heterocycles. The number of carbonyl (C=O) groups excluding carboxylic acids is 5. The lowest BCUT2D eigenvalue weighted by atomic mass is 9.82. The Morgan fingerprint density at radius 2 is 0.828 bits per heavy atom. The van der Waals surface area contributed by atoms with Gasteiger partial charge in [-0.25, -0.2) is 0 Å². The quantitative estimate of drug-likeness (QED) is 0.193. The molecule has 1 fully saturated rings. The van der Waals surface area contributed by atoms with E-state index in [9.17, 15) is 24.0 Å². The number of carbonyl (C=O) groups is 5. The van der Waals surface area contributed by atoms with Crippen LogP contribution in [0.15, 0.2) is 5.11 Å². The molecule has 0 aliphatic heterocycles. The Balaban J connectivity index is 3.66. The second kappa shape index (κ2) is 10.3. The second-order valence-electron chi connectivity index (χ2n) is 6.07. The second-order valence-corrected chi connectivity index (χ2v) is 6.07. The summed E-state index contributed by atoms with van der Waals surface area (Å²) in [6.07, 6.45) is -7.58. The van der Waals surface area contributed by atoms with E-state index in [0.717, 1.165) is 34.6 Å². The van der Waals surface area contributed by atoms with Crippen molar-refractivity contribution in [3.05, 3.63) is 10.4 Å². The Kier molecular flexibility index (Phi) is 8.39. The van der Waals surface area contributed by atoms with E-state index in [1.165, 1.54) is 0 Å². The molecule has 29 heavy (non-hydrogen) atoms. The van der Waals surface area contributed by atoms with Gasteiger partial charge in [-0.1, -0.05) is 5.11 Å². The Morgan fingerprint density at radius 3 is 1.07 bits per heavy atom. The van der Waals surface area contributed by atoms with Crippen molar-refractivity contribution >= 4 is 29.8 Å². The Morgan fingerprint density at radius 1 is 0.586 bits per heavy atom. The summed E-state index contributed by atoms with van der Waals surface area (Å²) < 4.78 is 25.7. The number of hydrogen-bond donors (Lipinski definition) is 0. The van der Waals surface area contributed by atoms with Crippen molar-refractivity contribution in [1.82, 2.24) is 0 Å². The minimum atomic E-state index is -1.53. The molecule has 1 aliphatic carbocycles. The standard InChI is InChI=1S/C16H21N3O10/c1-6(20)25-12-11(18-19-17)13(26-7(2)21)15(28-9(4)23)16(29-10(5)24)14(12)27-8(3)22/h11-16H,1-5H3/t11?,12-,13+,14+,15-,16?. The zero-order chi connectivity index (χ0) is 22.3. The van der Waals surface area contributed by atoms with Gasteiger partial charge >= 0.3 is 29.8 Å². The fourth-order valence-electron chi connectivity index (χ4n) is 2.96. The van der Waals surface area contributed by atoms with E-state index < -0.39 is 66.4 Å². The molecule has 1 aliphatic rings. The summed E-state index contributed by atoms with van der Waals surface area (Å²) in [4.78, 5) is 60.8. The van der Waals surface area contributed by atoms with E-state index in [2.05, 4.69) is 10.0 Å². The summed E-state index contributed by atoms with van der Waals surface area (Å²) in [7, 11) is 0. The topological polar surface area (TPSA) is 180 Å². The van der Waals surface area contributed by atoms with Crippen LogP contribution in [0.4, 0.5) is 0 Å². The SMILES string of the molecule is CC(=O)OC1[C@@H](OC(C)=O)[C@H](OC(C)=O)C(N=[N+]=[N-])[C@H](OC(C)=O)[C@H]1OC(C)=O. The Labute approximate surface area is 165 Å². The number of ether oxygens (including phenoxy) is 5. The molecule has 1 saturated carbocycles. The van der Waals surface area contributed by atoms with Gasteiger partial charge in [0.25, 0.3) is 0 Å². The first kappa shape index (κ1) is 23.7. The van der Waals surface area contributed by atoms with Crippen molar-refractivity contribution in [3.8, 4) is 0 Å². The molecule has 13 heteroatoms. The molecule has 0 aromatic rings.